The third-order valence-corrected chi connectivity index (χ3v) is 6.39. The lowest BCUT2D eigenvalue weighted by Gasteiger charge is -2.39. The van der Waals surface area contributed by atoms with Crippen molar-refractivity contribution in [1.29, 1.82) is 0 Å². The number of hydrogen-bond acceptors (Lipinski definition) is 18. The van der Waals surface area contributed by atoms with E-state index in [0.29, 0.717) is 6.07 Å². The third-order valence-electron chi connectivity index (χ3n) is 6.39. The smallest absolute Gasteiger partial charge is 0.343 e. The van der Waals surface area contributed by atoms with Crippen LogP contribution in [0.25, 0.3) is 0 Å². The van der Waals surface area contributed by atoms with Crippen molar-refractivity contribution in [2.45, 2.75) is 30.7 Å². The van der Waals surface area contributed by atoms with E-state index in [4.69, 9.17) is 18.9 Å². The first-order valence-corrected chi connectivity index (χ1v) is 12.4. The van der Waals surface area contributed by atoms with E-state index < -0.39 is 124 Å². The van der Waals surface area contributed by atoms with Crippen LogP contribution in [0.1, 0.15) is 31.1 Å². The van der Waals surface area contributed by atoms with E-state index in [2.05, 4.69) is 0 Å². The van der Waals surface area contributed by atoms with Crippen LogP contribution in [0.4, 0.5) is 0 Å². The van der Waals surface area contributed by atoms with Crippen LogP contribution < -0.4 is 4.74 Å². The molecule has 1 aliphatic heterocycles. The lowest BCUT2D eigenvalue weighted by Crippen LogP contribution is -2.60. The third kappa shape index (κ3) is 6.63. The van der Waals surface area contributed by atoms with Crippen molar-refractivity contribution >= 4 is 17.9 Å². The number of esters is 3. The highest BCUT2D eigenvalue weighted by Gasteiger charge is 2.47. The molecule has 0 spiro atoms. The Hall–Kier alpha value is -5.69. The second-order valence-electron chi connectivity index (χ2n) is 9.47. The van der Waals surface area contributed by atoms with Gasteiger partial charge >= 0.3 is 17.9 Å². The maximum absolute atomic E-state index is 12.7. The molecule has 3 aromatic carbocycles. The monoisotopic (exact) mass is 636 g/mol. The van der Waals surface area contributed by atoms with E-state index in [1.54, 1.807) is 0 Å². The fourth-order valence-corrected chi connectivity index (χ4v) is 4.01. The summed E-state index contributed by atoms with van der Waals surface area (Å²) < 4.78 is 19.9. The van der Waals surface area contributed by atoms with E-state index in [1.165, 1.54) is 0 Å². The molecule has 1 fully saturated rings. The zero-order valence-electron chi connectivity index (χ0n) is 22.3. The molecule has 4 rings (SSSR count). The highest BCUT2D eigenvalue weighted by Crippen LogP contribution is 2.39. The van der Waals surface area contributed by atoms with Gasteiger partial charge < -0.3 is 75.1 Å². The first-order chi connectivity index (χ1) is 21.1. The normalized spacial score (nSPS) is 21.1. The minimum Gasteiger partial charge on any atom is -0.504 e. The summed E-state index contributed by atoms with van der Waals surface area (Å²) in [6.07, 6.45) is -9.60. The highest BCUT2D eigenvalue weighted by atomic mass is 16.7. The number of rotatable bonds is 7. The Labute approximate surface area is 249 Å². The van der Waals surface area contributed by atoms with Crippen LogP contribution in [0.2, 0.25) is 0 Å². The molecular weight excluding hydrogens is 612 g/mol. The van der Waals surface area contributed by atoms with E-state index in [-0.39, 0.29) is 0 Å². The molecule has 0 amide bonds. The molecule has 1 aliphatic rings. The van der Waals surface area contributed by atoms with E-state index in [0.717, 1.165) is 30.3 Å². The molecule has 11 N–H and O–H groups in total. The van der Waals surface area contributed by atoms with Gasteiger partial charge in [0.2, 0.25) is 5.75 Å². The largest absolute Gasteiger partial charge is 0.504 e. The van der Waals surface area contributed by atoms with Crippen LogP contribution in [0.5, 0.6) is 51.7 Å². The number of aromatic hydroxyl groups is 8. The van der Waals surface area contributed by atoms with Crippen molar-refractivity contribution < 1.29 is 89.5 Å². The molecule has 1 heterocycles. The Morgan fingerprint density at radius 2 is 1.04 bits per heavy atom. The molecule has 18 nitrogen and oxygen atoms in total. The molecule has 0 radical (unpaired) electrons. The number of carbonyl (C=O) groups excluding carboxylic acids is 3. The number of phenols is 8. The zero-order valence-corrected chi connectivity index (χ0v) is 22.3. The van der Waals surface area contributed by atoms with Crippen molar-refractivity contribution in [3.8, 4) is 51.7 Å². The van der Waals surface area contributed by atoms with Gasteiger partial charge in [0.15, 0.2) is 58.4 Å². The van der Waals surface area contributed by atoms with Crippen LogP contribution in [0.3, 0.4) is 0 Å². The SMILES string of the molecule is O=C(OC[C@H]1O[C@@H](O)[C@H](OC(=O)c2cc(O)c(O)c(O)c2)[C@@H](O)[C@@H]1O)c1cc(O)c(O)c(OC(=O)c2cc(O)c(O)c(O)c2)c1. The van der Waals surface area contributed by atoms with E-state index in [9.17, 15) is 70.6 Å². The van der Waals surface area contributed by atoms with Crippen LogP contribution in [-0.4, -0.2) is 111 Å². The summed E-state index contributed by atoms with van der Waals surface area (Å²) in [7, 11) is 0. The Morgan fingerprint density at radius 3 is 1.56 bits per heavy atom. The van der Waals surface area contributed by atoms with Gasteiger partial charge in [0.25, 0.3) is 0 Å². The molecular formula is C27H24O18. The summed E-state index contributed by atoms with van der Waals surface area (Å²) in [6, 6.07) is 4.35. The van der Waals surface area contributed by atoms with E-state index >= 15 is 0 Å². The predicted molar refractivity (Wildman–Crippen MR) is 140 cm³/mol. The maximum atomic E-state index is 12.7. The number of ether oxygens (including phenoxy) is 4. The molecule has 0 bridgehead atoms. The minimum atomic E-state index is -2.10. The van der Waals surface area contributed by atoms with Crippen molar-refractivity contribution in [3.63, 3.8) is 0 Å². The molecule has 0 unspecified atom stereocenters. The van der Waals surface area contributed by atoms with Gasteiger partial charge in [0, 0.05) is 0 Å². The Bertz CT molecular complexity index is 1600. The van der Waals surface area contributed by atoms with Gasteiger partial charge in [-0.15, -0.1) is 0 Å². The predicted octanol–water partition coefficient (Wildman–Crippen LogP) is -0.628. The van der Waals surface area contributed by atoms with Crippen LogP contribution in [0, 0.1) is 0 Å². The molecule has 240 valence electrons. The molecule has 45 heavy (non-hydrogen) atoms. The molecule has 1 saturated heterocycles. The molecule has 0 saturated carbocycles. The highest BCUT2D eigenvalue weighted by molar-refractivity contribution is 5.95. The fourth-order valence-electron chi connectivity index (χ4n) is 4.01. The number of aliphatic hydroxyl groups is 3. The topological polar surface area (TPSA) is 311 Å². The molecule has 18 heteroatoms. The first kappa shape index (κ1) is 32.2. The summed E-state index contributed by atoms with van der Waals surface area (Å²) >= 11 is 0. The molecule has 5 atom stereocenters. The second kappa shape index (κ2) is 12.5. The maximum Gasteiger partial charge on any atom is 0.343 e. The van der Waals surface area contributed by atoms with Crippen molar-refractivity contribution in [2.24, 2.45) is 0 Å². The average Bonchev–Trinajstić information content (AvgIpc) is 2.99. The van der Waals surface area contributed by atoms with Crippen LogP contribution in [0.15, 0.2) is 36.4 Å². The zero-order chi connectivity index (χ0) is 33.3. The van der Waals surface area contributed by atoms with Crippen LogP contribution >= 0.6 is 0 Å². The van der Waals surface area contributed by atoms with Gasteiger partial charge in [-0.2, -0.15) is 0 Å². The first-order valence-electron chi connectivity index (χ1n) is 12.4. The number of hydrogen-bond donors (Lipinski definition) is 11. The molecule has 3 aromatic rings. The van der Waals surface area contributed by atoms with Crippen molar-refractivity contribution in [3.05, 3.63) is 53.1 Å². The molecule has 0 aliphatic carbocycles. The Kier molecular flexibility index (Phi) is 8.95. The second-order valence-corrected chi connectivity index (χ2v) is 9.47. The summed E-state index contributed by atoms with van der Waals surface area (Å²) in [4.78, 5) is 37.5. The van der Waals surface area contributed by atoms with Gasteiger partial charge in [-0.25, -0.2) is 14.4 Å². The van der Waals surface area contributed by atoms with Crippen molar-refractivity contribution in [2.75, 3.05) is 6.61 Å². The minimum absolute atomic E-state index is 0.501. The number of carbonyl (C=O) groups is 3. The fraction of sp³-hybridized carbons (Fsp3) is 0.222. The lowest BCUT2D eigenvalue weighted by atomic mass is 9.99. The van der Waals surface area contributed by atoms with Gasteiger partial charge in [0.1, 0.15) is 24.9 Å². The Balaban J connectivity index is 1.41. The van der Waals surface area contributed by atoms with Gasteiger partial charge in [-0.1, -0.05) is 0 Å². The van der Waals surface area contributed by atoms with Crippen molar-refractivity contribution in [1.82, 2.24) is 0 Å². The summed E-state index contributed by atoms with van der Waals surface area (Å²) in [5, 5.41) is 108. The summed E-state index contributed by atoms with van der Waals surface area (Å²) in [5.41, 5.74) is -1.53. The number of phenolic OH excluding ortho intramolecular Hbond substituents is 8. The quantitative estimate of drug-likeness (QED) is 0.0873. The summed E-state index contributed by atoms with van der Waals surface area (Å²) in [6.45, 7) is -0.850. The molecule has 0 aromatic heterocycles. The van der Waals surface area contributed by atoms with Gasteiger partial charge in [0.05, 0.1) is 16.7 Å². The standard InChI is InChI=1S/C27H24O18/c28-11-1-8(2-12(29)18(11)33)25(39)43-16-6-10(5-15(32)20(16)35)24(38)42-7-17-21(36)22(37)23(27(41)44-17)45-26(40)9-3-13(30)19(34)14(31)4-9/h1-6,17,21-23,27-37,41H,7H2/t17-,21-,22+,23-,27-/m1/s1. The number of aliphatic hydroxyl groups excluding tert-OH is 3. The number of benzene rings is 3. The van der Waals surface area contributed by atoms with E-state index in [1.807, 2.05) is 0 Å². The summed E-state index contributed by atoms with van der Waals surface area (Å²) in [5.74, 6) is -12.0. The lowest BCUT2D eigenvalue weighted by molar-refractivity contribution is -0.285. The van der Waals surface area contributed by atoms with Gasteiger partial charge in [-0.05, 0) is 36.4 Å². The van der Waals surface area contributed by atoms with Gasteiger partial charge in [-0.3, -0.25) is 0 Å². The Morgan fingerprint density at radius 1 is 0.600 bits per heavy atom. The van der Waals surface area contributed by atoms with Crippen LogP contribution in [-0.2, 0) is 14.2 Å². The average molecular weight is 636 g/mol.